The Morgan fingerprint density at radius 3 is 2.75 bits per heavy atom. The van der Waals surface area contributed by atoms with Gasteiger partial charge in [-0.3, -0.25) is 0 Å². The monoisotopic (exact) mass is 215 g/mol. The van der Waals surface area contributed by atoms with Crippen LogP contribution < -0.4 is 5.32 Å². The van der Waals surface area contributed by atoms with E-state index in [-0.39, 0.29) is 0 Å². The average Bonchev–Trinajstić information content (AvgIpc) is 2.31. The van der Waals surface area contributed by atoms with Crippen LogP contribution in [0.1, 0.15) is 44.6 Å². The molecule has 1 unspecified atom stereocenters. The first-order valence-corrected chi connectivity index (χ1v) is 6.29. The third-order valence-corrected chi connectivity index (χ3v) is 3.18. The second kappa shape index (κ2) is 5.20. The van der Waals surface area contributed by atoms with Gasteiger partial charge in [0.05, 0.1) is 0 Å². The Hall–Kier alpha value is -1.24. The van der Waals surface area contributed by atoms with E-state index in [9.17, 15) is 0 Å². The number of anilines is 1. The number of nitrogens with one attached hydrogen (secondary N) is 1. The summed E-state index contributed by atoms with van der Waals surface area (Å²) in [6.45, 7) is 4.49. The van der Waals surface area contributed by atoms with E-state index in [0.29, 0.717) is 12.0 Å². The van der Waals surface area contributed by atoms with Gasteiger partial charge in [0.25, 0.3) is 0 Å². The van der Waals surface area contributed by atoms with Crippen LogP contribution in [0.3, 0.4) is 0 Å². The number of hydrogen-bond donors (Lipinski definition) is 1. The summed E-state index contributed by atoms with van der Waals surface area (Å²) in [6.07, 6.45) is 8.39. The largest absolute Gasteiger partial charge is 0.379 e. The summed E-state index contributed by atoms with van der Waals surface area (Å²) in [5.41, 5.74) is 2.72. The molecule has 0 fully saturated rings. The highest BCUT2D eigenvalue weighted by Gasteiger charge is 2.11. The van der Waals surface area contributed by atoms with Crippen molar-refractivity contribution in [3.63, 3.8) is 0 Å². The van der Waals surface area contributed by atoms with Gasteiger partial charge in [-0.05, 0) is 36.8 Å². The Labute approximate surface area is 98.6 Å². The molecule has 0 radical (unpaired) electrons. The lowest BCUT2D eigenvalue weighted by molar-refractivity contribution is 0.672. The van der Waals surface area contributed by atoms with Gasteiger partial charge in [-0.2, -0.15) is 0 Å². The first-order chi connectivity index (χ1) is 7.77. The molecule has 0 aromatic heterocycles. The van der Waals surface area contributed by atoms with Crippen molar-refractivity contribution in [2.75, 3.05) is 5.32 Å². The summed E-state index contributed by atoms with van der Waals surface area (Å²) < 4.78 is 0. The van der Waals surface area contributed by atoms with Crippen LogP contribution in [0.2, 0.25) is 0 Å². The number of benzene rings is 1. The van der Waals surface area contributed by atoms with E-state index < -0.39 is 0 Å². The topological polar surface area (TPSA) is 12.0 Å². The van der Waals surface area contributed by atoms with Crippen LogP contribution in [0.4, 0.5) is 5.69 Å². The summed E-state index contributed by atoms with van der Waals surface area (Å²) in [4.78, 5) is 0. The third-order valence-electron chi connectivity index (χ3n) is 3.18. The van der Waals surface area contributed by atoms with Gasteiger partial charge in [-0.25, -0.2) is 0 Å². The maximum atomic E-state index is 3.64. The molecule has 0 spiro atoms. The van der Waals surface area contributed by atoms with Gasteiger partial charge in [-0.15, -0.1) is 0 Å². The predicted octanol–water partition coefficient (Wildman–Crippen LogP) is 4.33. The van der Waals surface area contributed by atoms with Crippen LogP contribution in [0.25, 0.3) is 0 Å². The van der Waals surface area contributed by atoms with E-state index in [4.69, 9.17) is 0 Å². The normalized spacial score (nSPS) is 20.1. The zero-order valence-electron chi connectivity index (χ0n) is 10.2. The molecular formula is C15H21N. The van der Waals surface area contributed by atoms with Crippen LogP contribution in [0.15, 0.2) is 36.4 Å². The quantitative estimate of drug-likeness (QED) is 0.740. The summed E-state index contributed by atoms with van der Waals surface area (Å²) in [5, 5.41) is 3.64. The second-order valence-electron chi connectivity index (χ2n) is 4.85. The molecule has 0 amide bonds. The molecule has 16 heavy (non-hydrogen) atoms. The Morgan fingerprint density at radius 2 is 2.06 bits per heavy atom. The van der Waals surface area contributed by atoms with E-state index >= 15 is 0 Å². The van der Waals surface area contributed by atoms with Crippen molar-refractivity contribution in [3.8, 4) is 0 Å². The molecule has 0 saturated carbocycles. The molecule has 1 atom stereocenters. The Morgan fingerprint density at radius 1 is 1.25 bits per heavy atom. The molecule has 1 aliphatic rings. The second-order valence-corrected chi connectivity index (χ2v) is 4.85. The van der Waals surface area contributed by atoms with E-state index in [1.54, 1.807) is 0 Å². The van der Waals surface area contributed by atoms with Crippen LogP contribution >= 0.6 is 0 Å². The number of allylic oxidation sites excluding steroid dienone is 1. The van der Waals surface area contributed by atoms with Crippen molar-refractivity contribution in [1.29, 1.82) is 0 Å². The highest BCUT2D eigenvalue weighted by molar-refractivity contribution is 5.53. The molecule has 1 heteroatoms. The lowest BCUT2D eigenvalue weighted by Crippen LogP contribution is -2.19. The van der Waals surface area contributed by atoms with E-state index in [1.165, 1.54) is 30.5 Å². The molecular weight excluding hydrogens is 194 g/mol. The minimum absolute atomic E-state index is 0.522. The van der Waals surface area contributed by atoms with Gasteiger partial charge in [-0.1, -0.05) is 44.2 Å². The Kier molecular flexibility index (Phi) is 3.66. The molecule has 1 aromatic rings. The van der Waals surface area contributed by atoms with E-state index in [2.05, 4.69) is 55.6 Å². The van der Waals surface area contributed by atoms with Gasteiger partial charge >= 0.3 is 0 Å². The van der Waals surface area contributed by atoms with Crippen LogP contribution in [-0.4, -0.2) is 6.04 Å². The van der Waals surface area contributed by atoms with Crippen LogP contribution in [-0.2, 0) is 0 Å². The van der Waals surface area contributed by atoms with Crippen molar-refractivity contribution in [2.24, 2.45) is 0 Å². The van der Waals surface area contributed by atoms with Gasteiger partial charge in [0.2, 0.25) is 0 Å². The van der Waals surface area contributed by atoms with Crippen molar-refractivity contribution in [3.05, 3.63) is 42.0 Å². The number of rotatable bonds is 3. The minimum atomic E-state index is 0.522. The molecule has 1 nitrogen and oxygen atoms in total. The molecule has 2 rings (SSSR count). The SMILES string of the molecule is CC(C)c1ccccc1NC1C=CCCC1. The first kappa shape index (κ1) is 11.3. The van der Waals surface area contributed by atoms with Crippen molar-refractivity contribution >= 4 is 5.69 Å². The van der Waals surface area contributed by atoms with Gasteiger partial charge in [0.1, 0.15) is 0 Å². The van der Waals surface area contributed by atoms with Gasteiger partial charge in [0.15, 0.2) is 0 Å². The summed E-state index contributed by atoms with van der Waals surface area (Å²) in [7, 11) is 0. The molecule has 86 valence electrons. The van der Waals surface area contributed by atoms with E-state index in [0.717, 1.165) is 0 Å². The molecule has 1 aromatic carbocycles. The highest BCUT2D eigenvalue weighted by Crippen LogP contribution is 2.25. The summed E-state index contributed by atoms with van der Waals surface area (Å²) in [6, 6.07) is 9.17. The molecule has 0 saturated heterocycles. The van der Waals surface area contributed by atoms with Crippen molar-refractivity contribution in [1.82, 2.24) is 0 Å². The lowest BCUT2D eigenvalue weighted by Gasteiger charge is -2.22. The predicted molar refractivity (Wildman–Crippen MR) is 70.9 cm³/mol. The fourth-order valence-electron chi connectivity index (χ4n) is 2.26. The fraction of sp³-hybridized carbons (Fsp3) is 0.467. The maximum Gasteiger partial charge on any atom is 0.0444 e. The fourth-order valence-corrected chi connectivity index (χ4v) is 2.26. The smallest absolute Gasteiger partial charge is 0.0444 e. The maximum absolute atomic E-state index is 3.64. The number of hydrogen-bond acceptors (Lipinski definition) is 1. The van der Waals surface area contributed by atoms with Crippen molar-refractivity contribution < 1.29 is 0 Å². The zero-order valence-corrected chi connectivity index (χ0v) is 10.2. The summed E-state index contributed by atoms with van der Waals surface area (Å²) >= 11 is 0. The Balaban J connectivity index is 2.13. The number of para-hydroxylation sites is 1. The Bertz CT molecular complexity index is 365. The van der Waals surface area contributed by atoms with Gasteiger partial charge < -0.3 is 5.32 Å². The molecule has 0 bridgehead atoms. The molecule has 1 aliphatic carbocycles. The average molecular weight is 215 g/mol. The highest BCUT2D eigenvalue weighted by atomic mass is 14.9. The lowest BCUT2D eigenvalue weighted by atomic mass is 9.98. The standard InChI is InChI=1S/C15H21N/c1-12(2)14-10-6-7-11-15(14)16-13-8-4-3-5-9-13/h4,6-8,10-13,16H,3,5,9H2,1-2H3. The van der Waals surface area contributed by atoms with Gasteiger partial charge in [0, 0.05) is 11.7 Å². The molecule has 0 aliphatic heterocycles. The zero-order chi connectivity index (χ0) is 11.4. The van der Waals surface area contributed by atoms with E-state index in [1.807, 2.05) is 0 Å². The molecule has 0 heterocycles. The van der Waals surface area contributed by atoms with Crippen molar-refractivity contribution in [2.45, 2.75) is 45.1 Å². The molecule has 1 N–H and O–H groups in total. The van der Waals surface area contributed by atoms with Crippen LogP contribution in [0.5, 0.6) is 0 Å². The first-order valence-electron chi connectivity index (χ1n) is 6.29. The summed E-state index contributed by atoms with van der Waals surface area (Å²) in [5.74, 6) is 0.580. The minimum Gasteiger partial charge on any atom is -0.379 e. The third kappa shape index (κ3) is 2.66. The van der Waals surface area contributed by atoms with Crippen LogP contribution in [0, 0.1) is 0 Å².